The predicted molar refractivity (Wildman–Crippen MR) is 99.4 cm³/mol. The standard InChI is InChI=1S/C20H20N2OS/c1-13-8-14(2)19(15(3)9-13)20(23)22-11-16-4-6-21-18(10-16)17-5-7-24-12-17/h4-10,12H,11H2,1-3H3,(H,22,23). The van der Waals surface area contributed by atoms with Gasteiger partial charge in [0.05, 0.1) is 5.69 Å². The van der Waals surface area contributed by atoms with Crippen LogP contribution in [0.25, 0.3) is 11.3 Å². The van der Waals surface area contributed by atoms with Crippen LogP contribution < -0.4 is 5.32 Å². The quantitative estimate of drug-likeness (QED) is 0.752. The number of thiophene rings is 1. The second-order valence-corrected chi connectivity index (χ2v) is 6.80. The van der Waals surface area contributed by atoms with Gasteiger partial charge in [-0.05, 0) is 61.0 Å². The molecule has 3 nitrogen and oxygen atoms in total. The molecule has 1 aromatic carbocycles. The van der Waals surface area contributed by atoms with Crippen molar-refractivity contribution in [1.29, 1.82) is 0 Å². The zero-order valence-electron chi connectivity index (χ0n) is 14.1. The van der Waals surface area contributed by atoms with E-state index in [9.17, 15) is 4.79 Å². The van der Waals surface area contributed by atoms with Gasteiger partial charge < -0.3 is 5.32 Å². The zero-order valence-corrected chi connectivity index (χ0v) is 14.9. The van der Waals surface area contributed by atoms with E-state index in [1.165, 1.54) is 5.56 Å². The van der Waals surface area contributed by atoms with Crippen molar-refractivity contribution < 1.29 is 4.79 Å². The number of hydrogen-bond donors (Lipinski definition) is 1. The van der Waals surface area contributed by atoms with E-state index in [-0.39, 0.29) is 5.91 Å². The lowest BCUT2D eigenvalue weighted by atomic mass is 9.99. The number of carbonyl (C=O) groups excluding carboxylic acids is 1. The van der Waals surface area contributed by atoms with Crippen molar-refractivity contribution in [3.05, 3.63) is 75.1 Å². The van der Waals surface area contributed by atoms with Crippen molar-refractivity contribution >= 4 is 17.2 Å². The number of benzene rings is 1. The van der Waals surface area contributed by atoms with Gasteiger partial charge in [0, 0.05) is 29.2 Å². The summed E-state index contributed by atoms with van der Waals surface area (Å²) in [6, 6.07) is 10.1. The maximum atomic E-state index is 12.6. The zero-order chi connectivity index (χ0) is 17.1. The average molecular weight is 336 g/mol. The highest BCUT2D eigenvalue weighted by molar-refractivity contribution is 7.08. The summed E-state index contributed by atoms with van der Waals surface area (Å²) < 4.78 is 0. The van der Waals surface area contributed by atoms with E-state index in [4.69, 9.17) is 0 Å². The smallest absolute Gasteiger partial charge is 0.252 e. The molecule has 0 fully saturated rings. The lowest BCUT2D eigenvalue weighted by Gasteiger charge is -2.12. The highest BCUT2D eigenvalue weighted by atomic mass is 32.1. The number of nitrogens with one attached hydrogen (secondary N) is 1. The van der Waals surface area contributed by atoms with E-state index in [1.807, 2.05) is 56.5 Å². The van der Waals surface area contributed by atoms with Crippen LogP contribution in [0.5, 0.6) is 0 Å². The van der Waals surface area contributed by atoms with Gasteiger partial charge in [0.2, 0.25) is 0 Å². The maximum Gasteiger partial charge on any atom is 0.252 e. The molecule has 0 saturated carbocycles. The molecule has 2 heterocycles. The molecular weight excluding hydrogens is 316 g/mol. The van der Waals surface area contributed by atoms with Crippen molar-refractivity contribution in [2.24, 2.45) is 0 Å². The Kier molecular flexibility index (Phi) is 4.76. The Bertz CT molecular complexity index is 846. The summed E-state index contributed by atoms with van der Waals surface area (Å²) in [7, 11) is 0. The third-order valence-corrected chi connectivity index (χ3v) is 4.68. The second kappa shape index (κ2) is 6.97. The number of hydrogen-bond acceptors (Lipinski definition) is 3. The first-order valence-corrected chi connectivity index (χ1v) is 8.82. The summed E-state index contributed by atoms with van der Waals surface area (Å²) >= 11 is 1.65. The van der Waals surface area contributed by atoms with Gasteiger partial charge in [0.1, 0.15) is 0 Å². The van der Waals surface area contributed by atoms with Gasteiger partial charge in [-0.15, -0.1) is 0 Å². The van der Waals surface area contributed by atoms with E-state index >= 15 is 0 Å². The van der Waals surface area contributed by atoms with Crippen LogP contribution in [0.15, 0.2) is 47.3 Å². The van der Waals surface area contributed by atoms with Crippen LogP contribution in [0.1, 0.15) is 32.6 Å². The third kappa shape index (κ3) is 3.54. The minimum Gasteiger partial charge on any atom is -0.348 e. The Balaban J connectivity index is 1.75. The van der Waals surface area contributed by atoms with E-state index in [2.05, 4.69) is 15.7 Å². The summed E-state index contributed by atoms with van der Waals surface area (Å²) in [5.41, 5.74) is 7.06. The van der Waals surface area contributed by atoms with Crippen LogP contribution in [0.2, 0.25) is 0 Å². The van der Waals surface area contributed by atoms with Gasteiger partial charge in [-0.2, -0.15) is 11.3 Å². The number of amides is 1. The summed E-state index contributed by atoms with van der Waals surface area (Å²) in [6.45, 7) is 6.50. The van der Waals surface area contributed by atoms with Gasteiger partial charge in [0.15, 0.2) is 0 Å². The molecular formula is C20H20N2OS. The molecule has 0 aliphatic heterocycles. The highest BCUT2D eigenvalue weighted by Gasteiger charge is 2.12. The van der Waals surface area contributed by atoms with Gasteiger partial charge >= 0.3 is 0 Å². The number of carbonyl (C=O) groups is 1. The predicted octanol–water partition coefficient (Wildman–Crippen LogP) is 4.67. The van der Waals surface area contributed by atoms with Gasteiger partial charge in [-0.25, -0.2) is 0 Å². The summed E-state index contributed by atoms with van der Waals surface area (Å²) in [6.07, 6.45) is 1.79. The molecule has 1 amide bonds. The fraction of sp³-hybridized carbons (Fsp3) is 0.200. The topological polar surface area (TPSA) is 42.0 Å². The number of aryl methyl sites for hydroxylation is 3. The molecule has 122 valence electrons. The van der Waals surface area contributed by atoms with Gasteiger partial charge in [-0.1, -0.05) is 17.7 Å². The third-order valence-electron chi connectivity index (χ3n) is 4.00. The molecule has 3 rings (SSSR count). The molecule has 0 bridgehead atoms. The summed E-state index contributed by atoms with van der Waals surface area (Å²) in [5, 5.41) is 7.13. The molecule has 3 aromatic rings. The van der Waals surface area contributed by atoms with Gasteiger partial charge in [-0.3, -0.25) is 9.78 Å². The molecule has 0 aliphatic carbocycles. The molecule has 2 aromatic heterocycles. The van der Waals surface area contributed by atoms with Crippen LogP contribution >= 0.6 is 11.3 Å². The number of rotatable bonds is 4. The number of pyridine rings is 1. The molecule has 0 aliphatic rings. The lowest BCUT2D eigenvalue weighted by Crippen LogP contribution is -2.24. The van der Waals surface area contributed by atoms with Crippen LogP contribution in [0.4, 0.5) is 0 Å². The van der Waals surface area contributed by atoms with E-state index in [0.717, 1.165) is 33.5 Å². The van der Waals surface area contributed by atoms with E-state index < -0.39 is 0 Å². The van der Waals surface area contributed by atoms with Crippen LogP contribution in [0.3, 0.4) is 0 Å². The lowest BCUT2D eigenvalue weighted by molar-refractivity contribution is 0.0949. The first-order valence-electron chi connectivity index (χ1n) is 7.88. The average Bonchev–Trinajstić information content (AvgIpc) is 3.07. The minimum atomic E-state index is -0.0288. The Morgan fingerprint density at radius 1 is 1.12 bits per heavy atom. The van der Waals surface area contributed by atoms with E-state index in [1.54, 1.807) is 17.5 Å². The second-order valence-electron chi connectivity index (χ2n) is 6.02. The molecule has 0 saturated heterocycles. The molecule has 0 atom stereocenters. The molecule has 0 unspecified atom stereocenters. The Hall–Kier alpha value is -2.46. The number of nitrogens with zero attached hydrogens (tertiary/aromatic N) is 1. The Morgan fingerprint density at radius 2 is 1.88 bits per heavy atom. The monoisotopic (exact) mass is 336 g/mol. The van der Waals surface area contributed by atoms with Crippen molar-refractivity contribution in [3.8, 4) is 11.3 Å². The first-order chi connectivity index (χ1) is 11.5. The summed E-state index contributed by atoms with van der Waals surface area (Å²) in [5.74, 6) is -0.0288. The van der Waals surface area contributed by atoms with Crippen LogP contribution in [0, 0.1) is 20.8 Å². The van der Waals surface area contributed by atoms with Crippen molar-refractivity contribution in [1.82, 2.24) is 10.3 Å². The molecule has 4 heteroatoms. The molecule has 1 N–H and O–H groups in total. The molecule has 24 heavy (non-hydrogen) atoms. The fourth-order valence-corrected chi connectivity index (χ4v) is 3.61. The van der Waals surface area contributed by atoms with Crippen molar-refractivity contribution in [2.45, 2.75) is 27.3 Å². The summed E-state index contributed by atoms with van der Waals surface area (Å²) in [4.78, 5) is 17.0. The number of aromatic nitrogens is 1. The van der Waals surface area contributed by atoms with Crippen molar-refractivity contribution in [3.63, 3.8) is 0 Å². The largest absolute Gasteiger partial charge is 0.348 e. The van der Waals surface area contributed by atoms with E-state index in [0.29, 0.717) is 6.54 Å². The van der Waals surface area contributed by atoms with Gasteiger partial charge in [0.25, 0.3) is 5.91 Å². The fourth-order valence-electron chi connectivity index (χ4n) is 2.96. The minimum absolute atomic E-state index is 0.0288. The Labute approximate surface area is 146 Å². The molecule has 0 radical (unpaired) electrons. The first kappa shape index (κ1) is 16.4. The van der Waals surface area contributed by atoms with Crippen molar-refractivity contribution in [2.75, 3.05) is 0 Å². The normalized spacial score (nSPS) is 10.6. The highest BCUT2D eigenvalue weighted by Crippen LogP contribution is 2.21. The van der Waals surface area contributed by atoms with Crippen LogP contribution in [-0.2, 0) is 6.54 Å². The Morgan fingerprint density at radius 3 is 2.54 bits per heavy atom. The maximum absolute atomic E-state index is 12.6. The van der Waals surface area contributed by atoms with Crippen LogP contribution in [-0.4, -0.2) is 10.9 Å². The SMILES string of the molecule is Cc1cc(C)c(C(=O)NCc2ccnc(-c3ccsc3)c2)c(C)c1. The molecule has 0 spiro atoms.